The molecular weight excluding hydrogens is 271 g/mol. The minimum absolute atomic E-state index is 0.103. The Morgan fingerprint density at radius 1 is 1.47 bits per heavy atom. The SMILES string of the molecule is CN(Cc1cnn(C)c1)S(=O)(=O)c1ncccc1F. The Morgan fingerprint density at radius 2 is 2.21 bits per heavy atom. The quantitative estimate of drug-likeness (QED) is 0.832. The number of hydrogen-bond donors (Lipinski definition) is 0. The highest BCUT2D eigenvalue weighted by atomic mass is 32.2. The molecule has 0 aliphatic heterocycles. The number of sulfonamides is 1. The molecule has 0 radical (unpaired) electrons. The molecule has 2 rings (SSSR count). The molecule has 8 heteroatoms. The topological polar surface area (TPSA) is 68.1 Å². The molecule has 102 valence electrons. The van der Waals surface area contributed by atoms with Crippen molar-refractivity contribution in [2.24, 2.45) is 7.05 Å². The predicted octanol–water partition coefficient (Wildman–Crippen LogP) is 0.775. The van der Waals surface area contributed by atoms with Crippen LogP contribution in [0.5, 0.6) is 0 Å². The van der Waals surface area contributed by atoms with Gasteiger partial charge in [0.05, 0.1) is 6.20 Å². The lowest BCUT2D eigenvalue weighted by Gasteiger charge is -2.15. The molecule has 0 aromatic carbocycles. The van der Waals surface area contributed by atoms with Gasteiger partial charge in [0.1, 0.15) is 0 Å². The van der Waals surface area contributed by atoms with Crippen LogP contribution in [0, 0.1) is 5.82 Å². The van der Waals surface area contributed by atoms with Gasteiger partial charge in [-0.2, -0.15) is 9.40 Å². The van der Waals surface area contributed by atoms with Gasteiger partial charge in [-0.05, 0) is 12.1 Å². The van der Waals surface area contributed by atoms with Crippen molar-refractivity contribution in [3.8, 4) is 0 Å². The molecule has 2 aromatic rings. The summed E-state index contributed by atoms with van der Waals surface area (Å²) in [7, 11) is -0.844. The number of halogens is 1. The highest BCUT2D eigenvalue weighted by molar-refractivity contribution is 7.89. The van der Waals surface area contributed by atoms with Gasteiger partial charge in [-0.25, -0.2) is 17.8 Å². The predicted molar refractivity (Wildman–Crippen MR) is 66.1 cm³/mol. The van der Waals surface area contributed by atoms with Crippen molar-refractivity contribution in [3.63, 3.8) is 0 Å². The van der Waals surface area contributed by atoms with Crippen molar-refractivity contribution in [2.75, 3.05) is 7.05 Å². The lowest BCUT2D eigenvalue weighted by molar-refractivity contribution is 0.454. The van der Waals surface area contributed by atoms with Crippen LogP contribution in [-0.2, 0) is 23.6 Å². The number of rotatable bonds is 4. The van der Waals surface area contributed by atoms with E-state index in [9.17, 15) is 12.8 Å². The van der Waals surface area contributed by atoms with Crippen LogP contribution in [0.3, 0.4) is 0 Å². The Morgan fingerprint density at radius 3 is 2.79 bits per heavy atom. The van der Waals surface area contributed by atoms with Crippen molar-refractivity contribution in [2.45, 2.75) is 11.6 Å². The summed E-state index contributed by atoms with van der Waals surface area (Å²) >= 11 is 0. The second-order valence-corrected chi connectivity index (χ2v) is 6.03. The van der Waals surface area contributed by atoms with Gasteiger partial charge in [-0.3, -0.25) is 4.68 Å². The zero-order valence-corrected chi connectivity index (χ0v) is 11.3. The molecule has 0 N–H and O–H groups in total. The van der Waals surface area contributed by atoms with Gasteiger partial charge in [0.25, 0.3) is 10.0 Å². The minimum atomic E-state index is -3.95. The van der Waals surface area contributed by atoms with Crippen molar-refractivity contribution in [3.05, 3.63) is 42.1 Å². The number of pyridine rings is 1. The largest absolute Gasteiger partial charge is 0.275 e. The first-order valence-electron chi connectivity index (χ1n) is 5.45. The van der Waals surface area contributed by atoms with E-state index in [2.05, 4.69) is 10.1 Å². The Hall–Kier alpha value is -1.80. The summed E-state index contributed by atoms with van der Waals surface area (Å²) < 4.78 is 40.4. The zero-order chi connectivity index (χ0) is 14.0. The summed E-state index contributed by atoms with van der Waals surface area (Å²) in [4.78, 5) is 3.59. The average Bonchev–Trinajstić information content (AvgIpc) is 2.75. The molecule has 0 atom stereocenters. The summed E-state index contributed by atoms with van der Waals surface area (Å²) in [5.74, 6) is -0.861. The maximum atomic E-state index is 13.5. The Balaban J connectivity index is 2.27. The van der Waals surface area contributed by atoms with E-state index >= 15 is 0 Å². The van der Waals surface area contributed by atoms with Gasteiger partial charge in [-0.1, -0.05) is 0 Å². The monoisotopic (exact) mass is 284 g/mol. The zero-order valence-electron chi connectivity index (χ0n) is 10.5. The minimum Gasteiger partial charge on any atom is -0.275 e. The van der Waals surface area contributed by atoms with Crippen molar-refractivity contribution < 1.29 is 12.8 Å². The van der Waals surface area contributed by atoms with Crippen LogP contribution in [0.25, 0.3) is 0 Å². The molecule has 0 aliphatic carbocycles. The summed E-state index contributed by atoms with van der Waals surface area (Å²) in [5.41, 5.74) is 0.713. The van der Waals surface area contributed by atoms with Crippen LogP contribution >= 0.6 is 0 Å². The first-order chi connectivity index (χ1) is 8.91. The molecule has 0 aliphatic rings. The van der Waals surface area contributed by atoms with Crippen LogP contribution in [-0.4, -0.2) is 34.5 Å². The second-order valence-electron chi connectivity index (χ2n) is 4.07. The summed E-state index contributed by atoms with van der Waals surface area (Å²) in [6.07, 6.45) is 4.50. The number of hydrogen-bond acceptors (Lipinski definition) is 4. The summed E-state index contributed by atoms with van der Waals surface area (Å²) in [6, 6.07) is 2.41. The Bertz CT molecular complexity index is 684. The number of nitrogens with zero attached hydrogens (tertiary/aromatic N) is 4. The summed E-state index contributed by atoms with van der Waals surface area (Å²) in [5, 5.41) is 3.38. The average molecular weight is 284 g/mol. The molecule has 0 fully saturated rings. The van der Waals surface area contributed by atoms with Crippen LogP contribution in [0.2, 0.25) is 0 Å². The molecule has 0 saturated carbocycles. The molecule has 2 heterocycles. The number of aryl methyl sites for hydroxylation is 1. The highest BCUT2D eigenvalue weighted by Gasteiger charge is 2.26. The maximum absolute atomic E-state index is 13.5. The fraction of sp³-hybridized carbons (Fsp3) is 0.273. The van der Waals surface area contributed by atoms with Gasteiger partial charge in [0.15, 0.2) is 5.82 Å². The van der Waals surface area contributed by atoms with Crippen LogP contribution in [0.4, 0.5) is 4.39 Å². The van der Waals surface area contributed by atoms with Crippen LogP contribution < -0.4 is 0 Å². The molecule has 0 spiro atoms. The maximum Gasteiger partial charge on any atom is 0.263 e. The molecular formula is C11H13FN4O2S. The van der Waals surface area contributed by atoms with Gasteiger partial charge in [0, 0.05) is 38.6 Å². The van der Waals surface area contributed by atoms with E-state index in [1.165, 1.54) is 19.3 Å². The van der Waals surface area contributed by atoms with Gasteiger partial charge < -0.3 is 0 Å². The van der Waals surface area contributed by atoms with Crippen LogP contribution in [0.1, 0.15) is 5.56 Å². The molecule has 0 bridgehead atoms. The Kier molecular flexibility index (Phi) is 3.63. The van der Waals surface area contributed by atoms with E-state index in [-0.39, 0.29) is 6.54 Å². The van der Waals surface area contributed by atoms with E-state index < -0.39 is 20.9 Å². The van der Waals surface area contributed by atoms with E-state index in [4.69, 9.17) is 0 Å². The fourth-order valence-corrected chi connectivity index (χ4v) is 2.73. The first-order valence-corrected chi connectivity index (χ1v) is 6.89. The number of aromatic nitrogens is 3. The molecule has 0 saturated heterocycles. The van der Waals surface area contributed by atoms with Crippen molar-refractivity contribution in [1.82, 2.24) is 19.1 Å². The third-order valence-corrected chi connectivity index (χ3v) is 4.28. The lowest BCUT2D eigenvalue weighted by Crippen LogP contribution is -2.28. The molecule has 0 unspecified atom stereocenters. The molecule has 6 nitrogen and oxygen atoms in total. The van der Waals surface area contributed by atoms with Gasteiger partial charge >= 0.3 is 0 Å². The Labute approximate surface area is 110 Å². The van der Waals surface area contributed by atoms with Crippen molar-refractivity contribution in [1.29, 1.82) is 0 Å². The van der Waals surface area contributed by atoms with E-state index in [1.807, 2.05) is 0 Å². The van der Waals surface area contributed by atoms with E-state index in [0.29, 0.717) is 5.56 Å². The summed E-state index contributed by atoms with van der Waals surface area (Å²) in [6.45, 7) is 0.103. The van der Waals surface area contributed by atoms with Crippen molar-refractivity contribution >= 4 is 10.0 Å². The third-order valence-electron chi connectivity index (χ3n) is 2.54. The smallest absolute Gasteiger partial charge is 0.263 e. The normalized spacial score (nSPS) is 12.0. The van der Waals surface area contributed by atoms with Gasteiger partial charge in [0.2, 0.25) is 5.03 Å². The molecule has 0 amide bonds. The first kappa shape index (κ1) is 13.6. The standard InChI is InChI=1S/C11H13FN4O2S/c1-15-7-9(6-14-15)8-16(2)19(17,18)11-10(12)4-3-5-13-11/h3-7H,8H2,1-2H3. The molecule has 19 heavy (non-hydrogen) atoms. The van der Waals surface area contributed by atoms with Crippen LogP contribution in [0.15, 0.2) is 35.7 Å². The lowest BCUT2D eigenvalue weighted by atomic mass is 10.4. The fourth-order valence-electron chi connectivity index (χ4n) is 1.60. The highest BCUT2D eigenvalue weighted by Crippen LogP contribution is 2.16. The van der Waals surface area contributed by atoms with Gasteiger partial charge in [-0.15, -0.1) is 0 Å². The van der Waals surface area contributed by atoms with E-state index in [1.54, 1.807) is 24.1 Å². The van der Waals surface area contributed by atoms with E-state index in [0.717, 1.165) is 10.4 Å². The third kappa shape index (κ3) is 2.79. The second kappa shape index (κ2) is 5.06. The molecule has 2 aromatic heterocycles.